The standard InChI is InChI=1S/C44H42/c1-27-39-19-15-36(30-10-12-34-24-38(44(6,7)8)18-14-32(34)22-30)26-42(39)28(2)40-20-16-35(25-41(27)40)29-9-11-33-23-37(43(3,4)5)17-13-31(33)21-29/h9-26H,1-8H3. The van der Waals surface area contributed by atoms with Crippen molar-refractivity contribution in [2.75, 3.05) is 0 Å². The molecule has 0 aliphatic carbocycles. The van der Waals surface area contributed by atoms with Crippen LogP contribution in [0.25, 0.3) is 65.3 Å². The number of rotatable bonds is 2. The lowest BCUT2D eigenvalue weighted by molar-refractivity contribution is 0.591. The zero-order valence-corrected chi connectivity index (χ0v) is 27.4. The normalized spacial score (nSPS) is 12.5. The molecule has 0 atom stereocenters. The fourth-order valence-corrected chi connectivity index (χ4v) is 6.80. The molecule has 44 heavy (non-hydrogen) atoms. The van der Waals surface area contributed by atoms with Crippen molar-refractivity contribution in [3.63, 3.8) is 0 Å². The third-order valence-corrected chi connectivity index (χ3v) is 9.73. The van der Waals surface area contributed by atoms with Crippen molar-refractivity contribution in [2.45, 2.75) is 66.2 Å². The third-order valence-electron chi connectivity index (χ3n) is 9.73. The summed E-state index contributed by atoms with van der Waals surface area (Å²) in [4.78, 5) is 0. The highest BCUT2D eigenvalue weighted by atomic mass is 14.2. The SMILES string of the molecule is Cc1c2ccc(-c3ccc4cc(C(C)(C)C)ccc4c3)cc2c(C)c2ccc(-c3ccc4cc(C(C)(C)C)ccc4c3)cc12. The van der Waals surface area contributed by atoms with E-state index in [9.17, 15) is 0 Å². The molecule has 0 spiro atoms. The molecule has 0 aromatic heterocycles. The maximum absolute atomic E-state index is 2.39. The van der Waals surface area contributed by atoms with Crippen molar-refractivity contribution in [3.8, 4) is 22.3 Å². The number of hydrogen-bond acceptors (Lipinski definition) is 0. The van der Waals surface area contributed by atoms with Gasteiger partial charge in [0.2, 0.25) is 0 Å². The lowest BCUT2D eigenvalue weighted by Gasteiger charge is -2.19. The van der Waals surface area contributed by atoms with Crippen molar-refractivity contribution in [1.82, 2.24) is 0 Å². The minimum absolute atomic E-state index is 0.149. The van der Waals surface area contributed by atoms with Gasteiger partial charge in [-0.15, -0.1) is 0 Å². The molecule has 0 bridgehead atoms. The zero-order chi connectivity index (χ0) is 31.0. The summed E-state index contributed by atoms with van der Waals surface area (Å²) in [6.45, 7) is 18.2. The van der Waals surface area contributed by atoms with Gasteiger partial charge >= 0.3 is 0 Å². The van der Waals surface area contributed by atoms with E-state index in [1.165, 1.54) is 87.6 Å². The molecule has 0 N–H and O–H groups in total. The summed E-state index contributed by atoms with van der Waals surface area (Å²) >= 11 is 0. The van der Waals surface area contributed by atoms with E-state index in [0.29, 0.717) is 0 Å². The van der Waals surface area contributed by atoms with Crippen LogP contribution < -0.4 is 0 Å². The average Bonchev–Trinajstić information content (AvgIpc) is 3.01. The highest BCUT2D eigenvalue weighted by Gasteiger charge is 2.16. The van der Waals surface area contributed by atoms with E-state index in [-0.39, 0.29) is 10.8 Å². The fraction of sp³-hybridized carbons (Fsp3) is 0.227. The summed E-state index contributed by atoms with van der Waals surface area (Å²) in [5.74, 6) is 0. The lowest BCUT2D eigenvalue weighted by atomic mass is 9.85. The van der Waals surface area contributed by atoms with E-state index in [1.54, 1.807) is 0 Å². The molecule has 0 nitrogen and oxygen atoms in total. The Morgan fingerprint density at radius 1 is 0.318 bits per heavy atom. The summed E-state index contributed by atoms with van der Waals surface area (Å²) < 4.78 is 0. The number of benzene rings is 7. The smallest absolute Gasteiger partial charge is 0.0132 e. The number of aryl methyl sites for hydroxylation is 2. The van der Waals surface area contributed by atoms with Crippen molar-refractivity contribution in [3.05, 3.63) is 131 Å². The summed E-state index contributed by atoms with van der Waals surface area (Å²) in [5, 5.41) is 10.5. The van der Waals surface area contributed by atoms with Crippen LogP contribution in [0.3, 0.4) is 0 Å². The Balaban J connectivity index is 1.29. The minimum atomic E-state index is 0.149. The van der Waals surface area contributed by atoms with E-state index >= 15 is 0 Å². The molecule has 0 heteroatoms. The first-order valence-corrected chi connectivity index (χ1v) is 15.9. The molecule has 0 heterocycles. The van der Waals surface area contributed by atoms with Crippen molar-refractivity contribution in [1.29, 1.82) is 0 Å². The van der Waals surface area contributed by atoms with Gasteiger partial charge in [-0.3, -0.25) is 0 Å². The molecule has 7 aromatic rings. The monoisotopic (exact) mass is 570 g/mol. The molecule has 0 radical (unpaired) electrons. The molecular formula is C44H42. The van der Waals surface area contributed by atoms with Crippen LogP contribution in [-0.4, -0.2) is 0 Å². The van der Waals surface area contributed by atoms with Crippen molar-refractivity contribution >= 4 is 43.1 Å². The van der Waals surface area contributed by atoms with Gasteiger partial charge in [-0.1, -0.05) is 126 Å². The van der Waals surface area contributed by atoms with Gasteiger partial charge in [-0.05, 0) is 137 Å². The van der Waals surface area contributed by atoms with Crippen LogP contribution in [0, 0.1) is 13.8 Å². The number of fused-ring (bicyclic) bond motifs is 4. The summed E-state index contributed by atoms with van der Waals surface area (Å²) in [5.41, 5.74) is 10.8. The molecule has 0 saturated carbocycles. The van der Waals surface area contributed by atoms with Gasteiger partial charge in [-0.2, -0.15) is 0 Å². The first-order valence-electron chi connectivity index (χ1n) is 15.9. The molecule has 0 amide bonds. The second-order valence-electron chi connectivity index (χ2n) is 14.8. The Hall–Kier alpha value is -4.42. The minimum Gasteiger partial charge on any atom is -0.0579 e. The van der Waals surface area contributed by atoms with Gasteiger partial charge in [0.1, 0.15) is 0 Å². The highest BCUT2D eigenvalue weighted by molar-refractivity contribution is 6.08. The third kappa shape index (κ3) is 4.87. The largest absolute Gasteiger partial charge is 0.0579 e. The van der Waals surface area contributed by atoms with Crippen LogP contribution in [0.5, 0.6) is 0 Å². The highest BCUT2D eigenvalue weighted by Crippen LogP contribution is 2.38. The molecule has 7 rings (SSSR count). The van der Waals surface area contributed by atoms with Gasteiger partial charge < -0.3 is 0 Å². The van der Waals surface area contributed by atoms with Crippen LogP contribution in [0.15, 0.2) is 109 Å². The van der Waals surface area contributed by atoms with E-state index in [1.807, 2.05) is 0 Å². The topological polar surface area (TPSA) is 0 Å². The van der Waals surface area contributed by atoms with Crippen LogP contribution in [0.2, 0.25) is 0 Å². The molecule has 7 aromatic carbocycles. The first-order chi connectivity index (χ1) is 20.9. The second kappa shape index (κ2) is 10.1. The predicted molar refractivity (Wildman–Crippen MR) is 194 cm³/mol. The van der Waals surface area contributed by atoms with E-state index in [2.05, 4.69) is 165 Å². The van der Waals surface area contributed by atoms with Gasteiger partial charge in [-0.25, -0.2) is 0 Å². The molecular weight excluding hydrogens is 528 g/mol. The summed E-state index contributed by atoms with van der Waals surface area (Å²) in [6.07, 6.45) is 0. The Labute approximate surface area is 262 Å². The van der Waals surface area contributed by atoms with Crippen molar-refractivity contribution in [2.24, 2.45) is 0 Å². The molecule has 0 saturated heterocycles. The summed E-state index contributed by atoms with van der Waals surface area (Å²) in [7, 11) is 0. The van der Waals surface area contributed by atoms with Gasteiger partial charge in [0.25, 0.3) is 0 Å². The predicted octanol–water partition coefficient (Wildman–Crippen LogP) is 12.8. The molecule has 0 fully saturated rings. The molecule has 218 valence electrons. The number of hydrogen-bond donors (Lipinski definition) is 0. The van der Waals surface area contributed by atoms with Gasteiger partial charge in [0.05, 0.1) is 0 Å². The van der Waals surface area contributed by atoms with Crippen LogP contribution in [0.4, 0.5) is 0 Å². The Morgan fingerprint density at radius 3 is 1.02 bits per heavy atom. The molecule has 0 aliphatic heterocycles. The van der Waals surface area contributed by atoms with Crippen LogP contribution in [-0.2, 0) is 10.8 Å². The van der Waals surface area contributed by atoms with E-state index in [0.717, 1.165) is 0 Å². The Morgan fingerprint density at radius 2 is 0.636 bits per heavy atom. The maximum atomic E-state index is 2.39. The molecule has 0 aliphatic rings. The van der Waals surface area contributed by atoms with E-state index < -0.39 is 0 Å². The molecule has 0 unspecified atom stereocenters. The average molecular weight is 571 g/mol. The van der Waals surface area contributed by atoms with E-state index in [4.69, 9.17) is 0 Å². The first kappa shape index (κ1) is 28.4. The van der Waals surface area contributed by atoms with Gasteiger partial charge in [0, 0.05) is 0 Å². The Bertz CT molecular complexity index is 2080. The van der Waals surface area contributed by atoms with Crippen LogP contribution in [0.1, 0.15) is 63.8 Å². The Kier molecular flexibility index (Phi) is 6.49. The van der Waals surface area contributed by atoms with Gasteiger partial charge in [0.15, 0.2) is 0 Å². The lowest BCUT2D eigenvalue weighted by Crippen LogP contribution is -2.10. The van der Waals surface area contributed by atoms with Crippen LogP contribution >= 0.6 is 0 Å². The second-order valence-corrected chi connectivity index (χ2v) is 14.8. The quantitative estimate of drug-likeness (QED) is 0.181. The summed E-state index contributed by atoms with van der Waals surface area (Å²) in [6, 6.07) is 41.6. The maximum Gasteiger partial charge on any atom is -0.0132 e. The zero-order valence-electron chi connectivity index (χ0n) is 27.4. The fourth-order valence-electron chi connectivity index (χ4n) is 6.80. The van der Waals surface area contributed by atoms with Crippen molar-refractivity contribution < 1.29 is 0 Å².